The molecule has 1 saturated carbocycles. The summed E-state index contributed by atoms with van der Waals surface area (Å²) in [6.45, 7) is -0.165. The van der Waals surface area contributed by atoms with Gasteiger partial charge in [0.2, 0.25) is 21.8 Å². The lowest BCUT2D eigenvalue weighted by Crippen LogP contribution is -2.58. The summed E-state index contributed by atoms with van der Waals surface area (Å²) in [6.07, 6.45) is 7.65. The highest BCUT2D eigenvalue weighted by atomic mass is 32.2. The first-order valence-corrected chi connectivity index (χ1v) is 14.4. The third kappa shape index (κ3) is 5.81. The van der Waals surface area contributed by atoms with E-state index in [0.29, 0.717) is 23.2 Å². The molecule has 2 amide bonds. The van der Waals surface area contributed by atoms with E-state index in [0.717, 1.165) is 30.0 Å². The summed E-state index contributed by atoms with van der Waals surface area (Å²) in [6, 6.07) is 3.84. The van der Waals surface area contributed by atoms with Crippen LogP contribution in [0.2, 0.25) is 0 Å². The topological polar surface area (TPSA) is 118 Å². The molecule has 36 heavy (non-hydrogen) atoms. The Hall–Kier alpha value is -2.70. The predicted molar refractivity (Wildman–Crippen MR) is 136 cm³/mol. The van der Waals surface area contributed by atoms with Gasteiger partial charge in [0, 0.05) is 30.7 Å². The maximum absolute atomic E-state index is 13.5. The van der Waals surface area contributed by atoms with Gasteiger partial charge < -0.3 is 19.7 Å². The van der Waals surface area contributed by atoms with Gasteiger partial charge in [-0.15, -0.1) is 11.3 Å². The van der Waals surface area contributed by atoms with Crippen molar-refractivity contribution in [1.82, 2.24) is 14.2 Å². The van der Waals surface area contributed by atoms with Crippen LogP contribution in [0.15, 0.2) is 34.7 Å². The zero-order valence-corrected chi connectivity index (χ0v) is 22.1. The summed E-state index contributed by atoms with van der Waals surface area (Å²) in [5.41, 5.74) is 0. The lowest BCUT2D eigenvalue weighted by molar-refractivity contribution is -0.142. The van der Waals surface area contributed by atoms with Crippen LogP contribution in [0.1, 0.15) is 38.5 Å². The van der Waals surface area contributed by atoms with Crippen molar-refractivity contribution in [1.29, 1.82) is 0 Å². The van der Waals surface area contributed by atoms with E-state index in [2.05, 4.69) is 10.3 Å². The minimum atomic E-state index is -4.04. The van der Waals surface area contributed by atoms with Crippen molar-refractivity contribution in [3.8, 4) is 11.5 Å². The Morgan fingerprint density at radius 1 is 1.19 bits per heavy atom. The maximum Gasteiger partial charge on any atom is 0.248 e. The Kier molecular flexibility index (Phi) is 8.47. The van der Waals surface area contributed by atoms with Crippen molar-refractivity contribution >= 4 is 38.3 Å². The molecule has 1 atom stereocenters. The van der Waals surface area contributed by atoms with Crippen molar-refractivity contribution in [2.75, 3.05) is 39.2 Å². The van der Waals surface area contributed by atoms with Crippen LogP contribution < -0.4 is 14.8 Å². The van der Waals surface area contributed by atoms with E-state index in [-0.39, 0.29) is 36.2 Å². The number of rotatable bonds is 9. The molecule has 4 rings (SSSR count). The molecule has 0 radical (unpaired) electrons. The molecule has 1 aromatic heterocycles. The van der Waals surface area contributed by atoms with E-state index in [9.17, 15) is 18.0 Å². The molecule has 196 valence electrons. The monoisotopic (exact) mass is 536 g/mol. The van der Waals surface area contributed by atoms with Crippen LogP contribution >= 0.6 is 11.3 Å². The molecule has 0 spiro atoms. The number of amides is 2. The zero-order valence-electron chi connectivity index (χ0n) is 20.5. The van der Waals surface area contributed by atoms with E-state index in [1.54, 1.807) is 17.6 Å². The number of benzene rings is 1. The largest absolute Gasteiger partial charge is 0.497 e. The van der Waals surface area contributed by atoms with E-state index in [1.165, 1.54) is 49.0 Å². The summed E-state index contributed by atoms with van der Waals surface area (Å²) in [4.78, 5) is 32.2. The number of ether oxygens (including phenoxy) is 2. The second kappa shape index (κ2) is 11.6. The summed E-state index contributed by atoms with van der Waals surface area (Å²) in [5, 5.41) is 5.09. The highest BCUT2D eigenvalue weighted by Gasteiger charge is 2.40. The Labute approximate surface area is 215 Å². The average Bonchev–Trinajstić information content (AvgIpc) is 3.40. The number of carbonyl (C=O) groups is 2. The first-order valence-electron chi connectivity index (χ1n) is 12.1. The first kappa shape index (κ1) is 26.4. The van der Waals surface area contributed by atoms with Crippen molar-refractivity contribution in [2.24, 2.45) is 5.92 Å². The number of anilines is 1. The van der Waals surface area contributed by atoms with Gasteiger partial charge in [0.25, 0.3) is 0 Å². The van der Waals surface area contributed by atoms with E-state index < -0.39 is 22.0 Å². The summed E-state index contributed by atoms with van der Waals surface area (Å²) in [7, 11) is -1.20. The van der Waals surface area contributed by atoms with Crippen molar-refractivity contribution in [2.45, 2.75) is 49.5 Å². The summed E-state index contributed by atoms with van der Waals surface area (Å²) in [5.74, 6) is 0.201. The lowest BCUT2D eigenvalue weighted by atomic mass is 9.84. The second-order valence-electron chi connectivity index (χ2n) is 9.02. The van der Waals surface area contributed by atoms with Crippen molar-refractivity contribution in [3.63, 3.8) is 0 Å². The SMILES string of the molecule is COc1ccc(OC)c(S(=O)(=O)N2CCN([C@@H](CC3CCCCC3)C(=O)Nc3nccs3)C(=O)C2)c1. The number of thiazole rings is 1. The van der Waals surface area contributed by atoms with Gasteiger partial charge in [0.15, 0.2) is 5.13 Å². The summed E-state index contributed by atoms with van der Waals surface area (Å²) >= 11 is 1.31. The van der Waals surface area contributed by atoms with Gasteiger partial charge in [0.05, 0.1) is 20.8 Å². The molecule has 10 nitrogen and oxygen atoms in total. The molecule has 2 aromatic rings. The maximum atomic E-state index is 13.5. The number of hydrogen-bond donors (Lipinski definition) is 1. The molecule has 12 heteroatoms. The quantitative estimate of drug-likeness (QED) is 0.523. The molecule has 2 heterocycles. The van der Waals surface area contributed by atoms with Crippen LogP contribution in [0.3, 0.4) is 0 Å². The zero-order chi connectivity index (χ0) is 25.7. The van der Waals surface area contributed by atoms with Crippen LogP contribution in [0.4, 0.5) is 5.13 Å². The number of aromatic nitrogens is 1. The third-order valence-electron chi connectivity index (χ3n) is 6.83. The van der Waals surface area contributed by atoms with E-state index >= 15 is 0 Å². The molecule has 0 bridgehead atoms. The molecule has 0 unspecified atom stereocenters. The minimum Gasteiger partial charge on any atom is -0.497 e. The number of carbonyl (C=O) groups excluding carboxylic acids is 2. The van der Waals surface area contributed by atoms with Gasteiger partial charge in [-0.3, -0.25) is 9.59 Å². The van der Waals surface area contributed by atoms with Crippen LogP contribution in [0, 0.1) is 5.92 Å². The van der Waals surface area contributed by atoms with Crippen molar-refractivity contribution in [3.05, 3.63) is 29.8 Å². The molecule has 1 N–H and O–H groups in total. The van der Waals surface area contributed by atoms with Gasteiger partial charge in [-0.25, -0.2) is 13.4 Å². The normalized spacial score (nSPS) is 18.6. The standard InChI is InChI=1S/C24H32N4O6S2/c1-33-18-8-9-20(34-2)21(15-18)36(31,32)27-11-12-28(22(29)16-27)19(14-17-6-4-3-5-7-17)23(30)26-24-25-10-13-35-24/h8-10,13,15,17,19H,3-7,11-12,14,16H2,1-2H3,(H,25,26,30)/t19-/m0/s1. The minimum absolute atomic E-state index is 0.0640. The second-order valence-corrected chi connectivity index (χ2v) is 11.8. The molecular weight excluding hydrogens is 504 g/mol. The Balaban J connectivity index is 1.53. The van der Waals surface area contributed by atoms with Crippen LogP contribution in [0.5, 0.6) is 11.5 Å². The molecular formula is C24H32N4O6S2. The number of nitrogens with zero attached hydrogens (tertiary/aromatic N) is 3. The molecule has 2 fully saturated rings. The fourth-order valence-corrected chi connectivity index (χ4v) is 7.00. The highest BCUT2D eigenvalue weighted by molar-refractivity contribution is 7.89. The van der Waals surface area contributed by atoms with E-state index in [1.807, 2.05) is 0 Å². The van der Waals surface area contributed by atoms with Gasteiger partial charge >= 0.3 is 0 Å². The van der Waals surface area contributed by atoms with E-state index in [4.69, 9.17) is 9.47 Å². The number of hydrogen-bond acceptors (Lipinski definition) is 8. The molecule has 1 aliphatic carbocycles. The third-order valence-corrected chi connectivity index (χ3v) is 9.39. The smallest absolute Gasteiger partial charge is 0.248 e. The fourth-order valence-electron chi connectivity index (χ4n) is 4.91. The number of nitrogens with one attached hydrogen (secondary N) is 1. The first-order chi connectivity index (χ1) is 17.3. The summed E-state index contributed by atoms with van der Waals surface area (Å²) < 4.78 is 38.5. The Morgan fingerprint density at radius 3 is 2.61 bits per heavy atom. The van der Waals surface area contributed by atoms with Gasteiger partial charge in [-0.2, -0.15) is 4.31 Å². The Morgan fingerprint density at radius 2 is 1.97 bits per heavy atom. The molecule has 2 aliphatic rings. The fraction of sp³-hybridized carbons (Fsp3) is 0.542. The number of sulfonamides is 1. The molecule has 1 aromatic carbocycles. The number of piperazine rings is 1. The highest BCUT2D eigenvalue weighted by Crippen LogP contribution is 2.33. The van der Waals surface area contributed by atoms with Gasteiger partial charge in [0.1, 0.15) is 22.4 Å². The van der Waals surface area contributed by atoms with Gasteiger partial charge in [-0.1, -0.05) is 32.1 Å². The van der Waals surface area contributed by atoms with Crippen LogP contribution in [0.25, 0.3) is 0 Å². The molecule has 1 saturated heterocycles. The Bertz CT molecular complexity index is 1170. The van der Waals surface area contributed by atoms with Crippen molar-refractivity contribution < 1.29 is 27.5 Å². The van der Waals surface area contributed by atoms with Crippen LogP contribution in [-0.4, -0.2) is 74.3 Å². The average molecular weight is 537 g/mol. The number of methoxy groups -OCH3 is 2. The van der Waals surface area contributed by atoms with Crippen LogP contribution in [-0.2, 0) is 19.6 Å². The lowest BCUT2D eigenvalue weighted by Gasteiger charge is -2.39. The predicted octanol–water partition coefficient (Wildman–Crippen LogP) is 2.97. The van der Waals surface area contributed by atoms with Gasteiger partial charge in [-0.05, 0) is 24.5 Å². The molecule has 1 aliphatic heterocycles.